The van der Waals surface area contributed by atoms with Crippen molar-refractivity contribution in [2.75, 3.05) is 0 Å². The van der Waals surface area contributed by atoms with Crippen LogP contribution in [0.25, 0.3) is 0 Å². The zero-order chi connectivity index (χ0) is 16.6. The van der Waals surface area contributed by atoms with E-state index >= 15 is 0 Å². The summed E-state index contributed by atoms with van der Waals surface area (Å²) in [4.78, 5) is 12.3. The molecule has 0 aromatic heterocycles. The van der Waals surface area contributed by atoms with Crippen LogP contribution in [0.4, 0.5) is 0 Å². The zero-order valence-electron chi connectivity index (χ0n) is 14.2. The maximum Gasteiger partial charge on any atom is 0.311 e. The van der Waals surface area contributed by atoms with E-state index in [4.69, 9.17) is 9.47 Å². The molecular formula is C19H28O3. The van der Waals surface area contributed by atoms with Gasteiger partial charge in [0, 0.05) is 0 Å². The van der Waals surface area contributed by atoms with Gasteiger partial charge in [-0.25, -0.2) is 0 Å². The molecule has 2 atom stereocenters. The summed E-state index contributed by atoms with van der Waals surface area (Å²) in [5.41, 5.74) is 0.697. The Balaban J connectivity index is 2.60. The second-order valence-corrected chi connectivity index (χ2v) is 6.52. The molecule has 3 heteroatoms. The highest BCUT2D eigenvalue weighted by atomic mass is 16.5. The van der Waals surface area contributed by atoms with Crippen molar-refractivity contribution < 1.29 is 14.3 Å². The summed E-state index contributed by atoms with van der Waals surface area (Å²) in [5, 5.41) is 0. The van der Waals surface area contributed by atoms with Crippen molar-refractivity contribution in [3.63, 3.8) is 0 Å². The first-order chi connectivity index (χ1) is 10.3. The Bertz CT molecular complexity index is 459. The maximum atomic E-state index is 12.3. The molecule has 0 aliphatic heterocycles. The largest absolute Gasteiger partial charge is 0.461 e. The number of rotatable bonds is 8. The molecule has 0 spiro atoms. The first-order valence-electron chi connectivity index (χ1n) is 7.83. The van der Waals surface area contributed by atoms with Crippen molar-refractivity contribution in [2.45, 2.75) is 58.8 Å². The number of benzene rings is 1. The zero-order valence-corrected chi connectivity index (χ0v) is 14.2. The number of hydrogen-bond donors (Lipinski definition) is 0. The van der Waals surface area contributed by atoms with Gasteiger partial charge in [-0.05, 0) is 46.1 Å². The molecular weight excluding hydrogens is 276 g/mol. The highest BCUT2D eigenvalue weighted by molar-refractivity contribution is 5.72. The fourth-order valence-corrected chi connectivity index (χ4v) is 2.16. The third-order valence-corrected chi connectivity index (χ3v) is 3.31. The monoisotopic (exact) mass is 304 g/mol. The van der Waals surface area contributed by atoms with Gasteiger partial charge in [-0.2, -0.15) is 0 Å². The van der Waals surface area contributed by atoms with Gasteiger partial charge >= 0.3 is 5.97 Å². The SMILES string of the molecule is C=CCC[C@H](OC(C)(C)C)[C@H](C)C(=O)OCc1ccccc1. The molecule has 0 fully saturated rings. The van der Waals surface area contributed by atoms with Gasteiger partial charge < -0.3 is 9.47 Å². The molecule has 1 aromatic rings. The van der Waals surface area contributed by atoms with Crippen LogP contribution in [-0.4, -0.2) is 17.7 Å². The molecule has 0 saturated carbocycles. The number of hydrogen-bond acceptors (Lipinski definition) is 3. The van der Waals surface area contributed by atoms with E-state index in [1.165, 1.54) is 0 Å². The first-order valence-corrected chi connectivity index (χ1v) is 7.83. The van der Waals surface area contributed by atoms with E-state index in [1.807, 2.05) is 64.1 Å². The predicted octanol–water partition coefficient (Wildman–Crippen LogP) is 4.52. The van der Waals surface area contributed by atoms with E-state index in [2.05, 4.69) is 6.58 Å². The highest BCUT2D eigenvalue weighted by Gasteiger charge is 2.29. The van der Waals surface area contributed by atoms with Crippen molar-refractivity contribution in [1.29, 1.82) is 0 Å². The molecule has 0 radical (unpaired) electrons. The number of carbonyl (C=O) groups excluding carboxylic acids is 1. The number of ether oxygens (including phenoxy) is 2. The van der Waals surface area contributed by atoms with Gasteiger partial charge in [0.15, 0.2) is 0 Å². The van der Waals surface area contributed by atoms with Gasteiger partial charge in [0.1, 0.15) is 6.61 Å². The van der Waals surface area contributed by atoms with E-state index in [1.54, 1.807) is 0 Å². The van der Waals surface area contributed by atoms with Crippen LogP contribution < -0.4 is 0 Å². The van der Waals surface area contributed by atoms with E-state index < -0.39 is 0 Å². The molecule has 1 rings (SSSR count). The minimum absolute atomic E-state index is 0.165. The van der Waals surface area contributed by atoms with Crippen LogP contribution in [-0.2, 0) is 20.9 Å². The lowest BCUT2D eigenvalue weighted by Crippen LogP contribution is -2.36. The summed E-state index contributed by atoms with van der Waals surface area (Å²) < 4.78 is 11.4. The second-order valence-electron chi connectivity index (χ2n) is 6.52. The van der Waals surface area contributed by atoms with Crippen LogP contribution in [0, 0.1) is 5.92 Å². The Hall–Kier alpha value is -1.61. The fraction of sp³-hybridized carbons (Fsp3) is 0.526. The van der Waals surface area contributed by atoms with Crippen LogP contribution in [0.15, 0.2) is 43.0 Å². The summed E-state index contributed by atoms with van der Waals surface area (Å²) in [6.45, 7) is 11.9. The lowest BCUT2D eigenvalue weighted by atomic mass is 9.99. The van der Waals surface area contributed by atoms with Crippen LogP contribution in [0.2, 0.25) is 0 Å². The Kier molecular flexibility index (Phi) is 7.33. The quantitative estimate of drug-likeness (QED) is 0.523. The summed E-state index contributed by atoms with van der Waals surface area (Å²) in [7, 11) is 0. The van der Waals surface area contributed by atoms with Gasteiger partial charge in [0.05, 0.1) is 17.6 Å². The van der Waals surface area contributed by atoms with Crippen LogP contribution in [0.3, 0.4) is 0 Å². The highest BCUT2D eigenvalue weighted by Crippen LogP contribution is 2.22. The molecule has 0 amide bonds. The van der Waals surface area contributed by atoms with E-state index in [9.17, 15) is 4.79 Å². The fourth-order valence-electron chi connectivity index (χ4n) is 2.16. The molecule has 0 aliphatic rings. The summed E-state index contributed by atoms with van der Waals surface area (Å²) >= 11 is 0. The van der Waals surface area contributed by atoms with Crippen molar-refractivity contribution in [3.8, 4) is 0 Å². The van der Waals surface area contributed by atoms with Gasteiger partial charge in [0.25, 0.3) is 0 Å². The van der Waals surface area contributed by atoms with Gasteiger partial charge in [-0.15, -0.1) is 6.58 Å². The van der Waals surface area contributed by atoms with Crippen molar-refractivity contribution in [1.82, 2.24) is 0 Å². The van der Waals surface area contributed by atoms with E-state index in [0.717, 1.165) is 18.4 Å². The molecule has 3 nitrogen and oxygen atoms in total. The Labute approximate surface area is 134 Å². The average Bonchev–Trinajstić information content (AvgIpc) is 2.48. The summed E-state index contributed by atoms with van der Waals surface area (Å²) in [5.74, 6) is -0.523. The molecule has 0 heterocycles. The van der Waals surface area contributed by atoms with Gasteiger partial charge in [0.2, 0.25) is 0 Å². The maximum absolute atomic E-state index is 12.3. The number of carbonyl (C=O) groups is 1. The normalized spacial score (nSPS) is 14.2. The number of allylic oxidation sites excluding steroid dienone is 1. The standard InChI is InChI=1S/C19H28O3/c1-6-7-13-17(22-19(3,4)5)15(2)18(20)21-14-16-11-9-8-10-12-16/h6,8-12,15,17H,1,7,13-14H2,2-5H3/t15-,17-/m0/s1. The topological polar surface area (TPSA) is 35.5 Å². The van der Waals surface area contributed by atoms with E-state index in [0.29, 0.717) is 6.61 Å². The lowest BCUT2D eigenvalue weighted by Gasteiger charge is -2.30. The van der Waals surface area contributed by atoms with Crippen LogP contribution in [0.1, 0.15) is 46.1 Å². The summed E-state index contributed by atoms with van der Waals surface area (Å²) in [6.07, 6.45) is 3.27. The molecule has 0 bridgehead atoms. The van der Waals surface area contributed by atoms with Gasteiger partial charge in [-0.3, -0.25) is 4.79 Å². The molecule has 1 aromatic carbocycles. The van der Waals surface area contributed by atoms with Gasteiger partial charge in [-0.1, -0.05) is 36.4 Å². The Morgan fingerprint density at radius 2 is 1.91 bits per heavy atom. The molecule has 0 unspecified atom stereocenters. The van der Waals surface area contributed by atoms with Crippen LogP contribution >= 0.6 is 0 Å². The Morgan fingerprint density at radius 3 is 2.45 bits per heavy atom. The average molecular weight is 304 g/mol. The lowest BCUT2D eigenvalue weighted by molar-refractivity contribution is -0.160. The minimum Gasteiger partial charge on any atom is -0.461 e. The third-order valence-electron chi connectivity index (χ3n) is 3.31. The third kappa shape index (κ3) is 6.90. The van der Waals surface area contributed by atoms with Crippen molar-refractivity contribution >= 4 is 5.97 Å². The molecule has 0 saturated heterocycles. The smallest absolute Gasteiger partial charge is 0.311 e. The van der Waals surface area contributed by atoms with Crippen molar-refractivity contribution in [2.24, 2.45) is 5.92 Å². The van der Waals surface area contributed by atoms with Crippen molar-refractivity contribution in [3.05, 3.63) is 48.6 Å². The summed E-state index contributed by atoms with van der Waals surface area (Å²) in [6, 6.07) is 9.69. The molecule has 122 valence electrons. The van der Waals surface area contributed by atoms with Crippen LogP contribution in [0.5, 0.6) is 0 Å². The number of esters is 1. The molecule has 22 heavy (non-hydrogen) atoms. The molecule has 0 aliphatic carbocycles. The second kappa shape index (κ2) is 8.74. The minimum atomic E-state index is -0.303. The Morgan fingerprint density at radius 1 is 1.27 bits per heavy atom. The molecule has 0 N–H and O–H groups in total. The predicted molar refractivity (Wildman–Crippen MR) is 89.5 cm³/mol. The van der Waals surface area contributed by atoms with E-state index in [-0.39, 0.29) is 23.6 Å². The first kappa shape index (κ1) is 18.4.